The van der Waals surface area contributed by atoms with Crippen LogP contribution in [-0.2, 0) is 32.3 Å². The molecule has 5 nitrogen and oxygen atoms in total. The highest BCUT2D eigenvalue weighted by Gasteiger charge is 2.51. The quantitative estimate of drug-likeness (QED) is 0.243. The van der Waals surface area contributed by atoms with Crippen molar-refractivity contribution in [2.45, 2.75) is 42.2 Å². The molecule has 0 aliphatic heterocycles. The molecule has 1 fully saturated rings. The van der Waals surface area contributed by atoms with Crippen molar-refractivity contribution in [3.05, 3.63) is 69.2 Å². The fourth-order valence-electron chi connectivity index (χ4n) is 3.32. The first-order valence-corrected chi connectivity index (χ1v) is 14.8. The highest BCUT2D eigenvalue weighted by Crippen LogP contribution is 2.60. The van der Waals surface area contributed by atoms with Gasteiger partial charge in [-0.1, -0.05) is 52.3 Å². The van der Waals surface area contributed by atoms with E-state index in [1.807, 2.05) is 12.1 Å². The highest BCUT2D eigenvalue weighted by atomic mass is 79.9. The molecule has 0 atom stereocenters. The summed E-state index contributed by atoms with van der Waals surface area (Å²) in [6.07, 6.45) is 2.24. The highest BCUT2D eigenvalue weighted by molar-refractivity contribution is 9.10. The molecule has 0 amide bonds. The summed E-state index contributed by atoms with van der Waals surface area (Å²) in [4.78, 5) is 28.8. The molecule has 0 saturated heterocycles. The lowest BCUT2D eigenvalue weighted by atomic mass is 10.1. The fraction of sp³-hybridized carbons (Fsp3) is 0.409. The molecule has 3 rings (SSSR count). The average Bonchev–Trinajstić information content (AvgIpc) is 3.46. The lowest BCUT2D eigenvalue weighted by molar-refractivity contribution is -0.138. The second-order valence-electron chi connectivity index (χ2n) is 8.27. The Bertz CT molecular complexity index is 1040. The molecule has 2 aromatic rings. The van der Waals surface area contributed by atoms with Crippen molar-refractivity contribution in [1.82, 2.24) is 0 Å². The summed E-state index contributed by atoms with van der Waals surface area (Å²) in [6.45, 7) is 0. The molecule has 180 valence electrons. The zero-order chi connectivity index (χ0) is 24.3. The number of carboxylic acids is 1. The van der Waals surface area contributed by atoms with Crippen LogP contribution in [0.5, 0.6) is 0 Å². The van der Waals surface area contributed by atoms with Gasteiger partial charge in [0, 0.05) is 27.3 Å². The van der Waals surface area contributed by atoms with E-state index in [1.165, 1.54) is 17.7 Å². The van der Waals surface area contributed by atoms with Crippen LogP contribution in [-0.4, -0.2) is 26.6 Å². The van der Waals surface area contributed by atoms with Gasteiger partial charge in [0.05, 0.1) is 6.42 Å². The minimum absolute atomic E-state index is 0.00791. The van der Waals surface area contributed by atoms with Crippen molar-refractivity contribution in [2.24, 2.45) is 5.41 Å². The first-order chi connectivity index (χ1) is 15.4. The maximum Gasteiger partial charge on any atom is 0.399 e. The Hall–Kier alpha value is -0.900. The van der Waals surface area contributed by atoms with E-state index in [0.717, 1.165) is 47.3 Å². The molecule has 0 bridgehead atoms. The Morgan fingerprint density at radius 3 is 2.00 bits per heavy atom. The number of hydrogen-bond acceptors (Lipinski definition) is 4. The van der Waals surface area contributed by atoms with Gasteiger partial charge in [0.2, 0.25) is 0 Å². The Kier molecular flexibility index (Phi) is 8.73. The van der Waals surface area contributed by atoms with Crippen molar-refractivity contribution >= 4 is 53.0 Å². The number of aliphatic carboxylic acids is 1. The molecule has 0 heterocycles. The molecule has 3 N–H and O–H groups in total. The van der Waals surface area contributed by atoms with Crippen molar-refractivity contribution < 1.29 is 33.0 Å². The number of carboxylic acid groups (broad SMARTS) is 1. The fourth-order valence-corrected chi connectivity index (χ4v) is 6.96. The van der Waals surface area contributed by atoms with Crippen molar-refractivity contribution in [1.29, 1.82) is 0 Å². The smallest absolute Gasteiger partial charge is 0.399 e. The van der Waals surface area contributed by atoms with Gasteiger partial charge in [0.15, 0.2) is 0 Å². The molecule has 2 aromatic carbocycles. The van der Waals surface area contributed by atoms with Gasteiger partial charge in [-0.05, 0) is 46.8 Å². The van der Waals surface area contributed by atoms with Crippen molar-refractivity contribution in [3.8, 4) is 0 Å². The number of rotatable bonds is 12. The van der Waals surface area contributed by atoms with Gasteiger partial charge in [-0.2, -0.15) is 32.3 Å². The van der Waals surface area contributed by atoms with E-state index in [-0.39, 0.29) is 16.3 Å². The molecule has 1 aliphatic rings. The third kappa shape index (κ3) is 7.29. The van der Waals surface area contributed by atoms with Crippen LogP contribution in [0.2, 0.25) is 0 Å². The lowest BCUT2D eigenvalue weighted by Gasteiger charge is -2.19. The minimum atomic E-state index is -5.61. The molecule has 0 radical (unpaired) electrons. The topological polar surface area (TPSA) is 94.8 Å². The van der Waals surface area contributed by atoms with Crippen LogP contribution in [0.4, 0.5) is 8.78 Å². The summed E-state index contributed by atoms with van der Waals surface area (Å²) in [6, 6.07) is 12.2. The van der Waals surface area contributed by atoms with Crippen LogP contribution in [0.25, 0.3) is 0 Å². The van der Waals surface area contributed by atoms with E-state index < -0.39 is 24.8 Å². The van der Waals surface area contributed by atoms with Gasteiger partial charge in [-0.3, -0.25) is 9.36 Å². The van der Waals surface area contributed by atoms with Gasteiger partial charge in [-0.15, -0.1) is 0 Å². The standard InChI is InChI=1S/C22H24BrF2O5PS2/c23-19-9-17(5-6-18(19)22(24,25)31(28,29)30)13-32-11-15-1-3-16(4-2-15)12-33-14-21(7-8-21)10-20(26)27/h1-6,9H,7-8,10-14H2,(H,26,27)(H2,28,29,30). The van der Waals surface area contributed by atoms with Crippen LogP contribution in [0, 0.1) is 5.41 Å². The lowest BCUT2D eigenvalue weighted by Crippen LogP contribution is -2.14. The second-order valence-corrected chi connectivity index (χ2v) is 12.7. The molecule has 11 heteroatoms. The zero-order valence-electron chi connectivity index (χ0n) is 17.5. The Morgan fingerprint density at radius 1 is 1.00 bits per heavy atom. The summed E-state index contributed by atoms with van der Waals surface area (Å²) < 4.78 is 38.9. The number of hydrogen-bond donors (Lipinski definition) is 3. The number of benzene rings is 2. The van der Waals surface area contributed by atoms with Gasteiger partial charge < -0.3 is 14.9 Å². The number of alkyl halides is 2. The van der Waals surface area contributed by atoms with Crippen LogP contribution < -0.4 is 0 Å². The van der Waals surface area contributed by atoms with Gasteiger partial charge in [0.1, 0.15) is 0 Å². The Balaban J connectivity index is 1.46. The molecule has 33 heavy (non-hydrogen) atoms. The van der Waals surface area contributed by atoms with Crippen LogP contribution >= 0.6 is 47.0 Å². The summed E-state index contributed by atoms with van der Waals surface area (Å²) in [5, 5.41) is 8.99. The summed E-state index contributed by atoms with van der Waals surface area (Å²) in [5.74, 6) is 2.27. The molecular weight excluding hydrogens is 557 g/mol. The van der Waals surface area contributed by atoms with Gasteiger partial charge in [-0.25, -0.2) is 0 Å². The summed E-state index contributed by atoms with van der Waals surface area (Å²) >= 11 is 6.38. The van der Waals surface area contributed by atoms with Crippen LogP contribution in [0.15, 0.2) is 46.9 Å². The molecule has 1 aliphatic carbocycles. The largest absolute Gasteiger partial charge is 0.481 e. The number of halogens is 3. The van der Waals surface area contributed by atoms with E-state index in [1.54, 1.807) is 23.5 Å². The van der Waals surface area contributed by atoms with Gasteiger partial charge in [0.25, 0.3) is 0 Å². The molecule has 0 unspecified atom stereocenters. The maximum atomic E-state index is 13.9. The van der Waals surface area contributed by atoms with E-state index in [2.05, 4.69) is 28.1 Å². The normalized spacial score (nSPS) is 15.4. The molecule has 0 aromatic heterocycles. The summed E-state index contributed by atoms with van der Waals surface area (Å²) in [5.41, 5.74) is -1.90. The third-order valence-corrected chi connectivity index (χ3v) is 9.50. The minimum Gasteiger partial charge on any atom is -0.481 e. The van der Waals surface area contributed by atoms with Crippen molar-refractivity contribution in [2.75, 3.05) is 5.75 Å². The predicted molar refractivity (Wildman–Crippen MR) is 132 cm³/mol. The Labute approximate surface area is 208 Å². The third-order valence-electron chi connectivity index (χ3n) is 5.44. The predicted octanol–water partition coefficient (Wildman–Crippen LogP) is 6.60. The summed E-state index contributed by atoms with van der Waals surface area (Å²) in [7, 11) is -5.61. The first-order valence-electron chi connectivity index (χ1n) is 10.1. The average molecular weight is 581 g/mol. The number of carbonyl (C=O) groups is 1. The molecule has 1 saturated carbocycles. The Morgan fingerprint density at radius 2 is 1.52 bits per heavy atom. The van der Waals surface area contributed by atoms with E-state index in [9.17, 15) is 18.1 Å². The zero-order valence-corrected chi connectivity index (χ0v) is 21.7. The first kappa shape index (κ1) is 26.7. The van der Waals surface area contributed by atoms with Crippen molar-refractivity contribution in [3.63, 3.8) is 0 Å². The number of thioether (sulfide) groups is 2. The van der Waals surface area contributed by atoms with Gasteiger partial charge >= 0.3 is 19.2 Å². The SMILES string of the molecule is O=C(O)CC1(CSCc2ccc(CSCc3ccc(C(F)(F)P(=O)(O)O)c(Br)c3)cc2)CC1. The van der Waals surface area contributed by atoms with E-state index in [4.69, 9.17) is 14.9 Å². The van der Waals surface area contributed by atoms with E-state index >= 15 is 0 Å². The maximum absolute atomic E-state index is 13.9. The van der Waals surface area contributed by atoms with E-state index in [0.29, 0.717) is 5.75 Å². The molecular formula is C22H24BrF2O5PS2. The monoisotopic (exact) mass is 580 g/mol. The van der Waals surface area contributed by atoms with Crippen LogP contribution in [0.1, 0.15) is 41.5 Å². The molecule has 0 spiro atoms. The second kappa shape index (κ2) is 10.8. The van der Waals surface area contributed by atoms with Crippen LogP contribution in [0.3, 0.4) is 0 Å².